The van der Waals surface area contributed by atoms with E-state index in [1.165, 1.54) is 26.0 Å². The summed E-state index contributed by atoms with van der Waals surface area (Å²) in [4.78, 5) is 151. The fraction of sp³-hybridized carbons (Fsp3) is 0.614. The molecule has 19 N–H and O–H groups in total. The van der Waals surface area contributed by atoms with Gasteiger partial charge in [0.05, 0.1) is 60.6 Å². The Bertz CT molecular complexity index is 2880. The van der Waals surface area contributed by atoms with E-state index in [1.807, 2.05) is 13.8 Å². The maximum atomic E-state index is 14.5. The van der Waals surface area contributed by atoms with Crippen molar-refractivity contribution in [3.8, 4) is 0 Å². The number of nitro benzene ring substituents is 1. The summed E-state index contributed by atoms with van der Waals surface area (Å²) in [6.07, 6.45) is -5.07. The summed E-state index contributed by atoms with van der Waals surface area (Å²) in [5.74, 6) is -11.1. The van der Waals surface area contributed by atoms with Crippen molar-refractivity contribution < 1.29 is 77.2 Å². The van der Waals surface area contributed by atoms with Crippen LogP contribution < -0.4 is 70.8 Å². The highest BCUT2D eigenvalue weighted by Gasteiger charge is 2.37. The van der Waals surface area contributed by atoms with Crippen molar-refractivity contribution in [3.05, 3.63) is 58.1 Å². The number of rotatable bonds is 29. The normalized spacial score (nSPS) is 21.8. The molecule has 2 unspecified atom stereocenters. The van der Waals surface area contributed by atoms with E-state index in [0.29, 0.717) is 11.3 Å². The summed E-state index contributed by atoms with van der Waals surface area (Å²) >= 11 is 0. The number of hydrogen-bond donors (Lipinski definition) is 15. The summed E-state index contributed by atoms with van der Waals surface area (Å²) in [6, 6.07) is 1.10. The minimum absolute atomic E-state index is 0.00831. The number of nitro groups is 1. The zero-order valence-corrected chi connectivity index (χ0v) is 51.1. The fourth-order valence-corrected chi connectivity index (χ4v) is 9.75. The molecule has 1 aliphatic heterocycles. The van der Waals surface area contributed by atoms with E-state index in [9.17, 15) is 68.3 Å². The molecule has 0 saturated carbocycles. The lowest BCUT2D eigenvalue weighted by Crippen LogP contribution is -2.60. The van der Waals surface area contributed by atoms with Crippen LogP contribution >= 0.6 is 0 Å². The Morgan fingerprint density at radius 1 is 0.711 bits per heavy atom. The molecule has 0 bridgehead atoms. The highest BCUT2D eigenvalue weighted by Crippen LogP contribution is 2.28. The van der Waals surface area contributed by atoms with Crippen molar-refractivity contribution in [2.24, 2.45) is 40.7 Å². The van der Waals surface area contributed by atoms with Crippen molar-refractivity contribution in [1.29, 1.82) is 0 Å². The third-order valence-electron chi connectivity index (χ3n) is 14.5. The van der Waals surface area contributed by atoms with Crippen LogP contribution in [0.25, 0.3) is 11.0 Å². The first-order valence-electron chi connectivity index (χ1n) is 29.9. The number of anilines is 1. The van der Waals surface area contributed by atoms with Gasteiger partial charge in [-0.25, -0.2) is 4.63 Å². The quantitative estimate of drug-likeness (QED) is 0.0179. The number of ketones is 2. The highest BCUT2D eigenvalue weighted by molar-refractivity contribution is 5.99. The van der Waals surface area contributed by atoms with Gasteiger partial charge in [-0.3, -0.25) is 58.1 Å². The van der Waals surface area contributed by atoms with Gasteiger partial charge in [0, 0.05) is 37.9 Å². The van der Waals surface area contributed by atoms with Gasteiger partial charge in [0.25, 0.3) is 0 Å². The molecule has 8 amide bonds. The summed E-state index contributed by atoms with van der Waals surface area (Å²) in [5, 5.41) is 63.6. The van der Waals surface area contributed by atoms with Crippen LogP contribution in [0.5, 0.6) is 0 Å². The first kappa shape index (κ1) is 74.3. The first-order chi connectivity index (χ1) is 42.9. The van der Waals surface area contributed by atoms with Crippen molar-refractivity contribution >= 4 is 81.2 Å². The van der Waals surface area contributed by atoms with Gasteiger partial charge in [0.15, 0.2) is 17.1 Å². The molecule has 498 valence electrons. The Labute approximate surface area is 519 Å². The molecule has 11 atom stereocenters. The molecule has 1 fully saturated rings. The number of hydrogen-bond acceptors (Lipinski definition) is 24. The monoisotopic (exact) mass is 1270 g/mol. The van der Waals surface area contributed by atoms with Crippen molar-refractivity contribution in [1.82, 2.24) is 52.8 Å². The van der Waals surface area contributed by atoms with E-state index in [4.69, 9.17) is 32.4 Å². The van der Waals surface area contributed by atoms with Crippen molar-refractivity contribution in [2.75, 3.05) is 71.0 Å². The molecule has 90 heavy (non-hydrogen) atoms. The van der Waals surface area contributed by atoms with E-state index in [1.54, 1.807) is 30.3 Å². The van der Waals surface area contributed by atoms with Gasteiger partial charge < -0.3 is 90.5 Å². The number of fused-ring (bicyclic) bond motifs is 1. The highest BCUT2D eigenvalue weighted by atomic mass is 16.6. The van der Waals surface area contributed by atoms with E-state index in [-0.39, 0.29) is 114 Å². The minimum Gasteiger partial charge on any atom is -0.393 e. The lowest BCUT2D eigenvalue weighted by atomic mass is 9.88. The van der Waals surface area contributed by atoms with Crippen LogP contribution in [0.2, 0.25) is 0 Å². The first-order valence-corrected chi connectivity index (χ1v) is 29.9. The van der Waals surface area contributed by atoms with E-state index < -0.39 is 162 Å². The largest absolute Gasteiger partial charge is 0.393 e. The molecule has 4 rings (SSSR count). The smallest absolute Gasteiger partial charge is 0.300 e. The predicted molar refractivity (Wildman–Crippen MR) is 324 cm³/mol. The van der Waals surface area contributed by atoms with Gasteiger partial charge in [-0.05, 0) is 113 Å². The number of carbonyl (C=O) groups is 10. The molecule has 33 heteroatoms. The lowest BCUT2D eigenvalue weighted by Gasteiger charge is -2.28. The van der Waals surface area contributed by atoms with Crippen molar-refractivity contribution in [3.63, 3.8) is 0 Å². The zero-order chi connectivity index (χ0) is 66.5. The number of non-ortho nitro benzene ring substituents is 1. The second-order valence-electron chi connectivity index (χ2n) is 22.2. The molecule has 2 aromatic carbocycles. The molecule has 1 aromatic heterocycles. The van der Waals surface area contributed by atoms with E-state index >= 15 is 0 Å². The van der Waals surface area contributed by atoms with Gasteiger partial charge >= 0.3 is 5.69 Å². The maximum Gasteiger partial charge on any atom is 0.300 e. The average molecular weight is 1270 g/mol. The molecular formula is C57H88N16O17. The number of nitrogens with zero attached hydrogens (tertiary/aromatic N) is 3. The van der Waals surface area contributed by atoms with Crippen LogP contribution in [0.4, 0.5) is 11.4 Å². The summed E-state index contributed by atoms with van der Waals surface area (Å²) in [5.41, 5.74) is 24.5. The number of nitrogens with two attached hydrogens (primary N) is 4. The van der Waals surface area contributed by atoms with Crippen LogP contribution in [-0.4, -0.2) is 204 Å². The predicted octanol–water partition coefficient (Wildman–Crippen LogP) is -3.91. The third-order valence-corrected chi connectivity index (χ3v) is 14.5. The minimum atomic E-state index is -1.67. The van der Waals surface area contributed by atoms with Gasteiger partial charge in [0.2, 0.25) is 52.8 Å². The van der Waals surface area contributed by atoms with Crippen LogP contribution in [0, 0.1) is 27.9 Å². The Morgan fingerprint density at radius 3 is 1.92 bits per heavy atom. The molecule has 3 aromatic rings. The van der Waals surface area contributed by atoms with Crippen LogP contribution in [0.15, 0.2) is 47.1 Å². The molecule has 1 saturated heterocycles. The number of aliphatic hydroxyl groups excluding tert-OH is 2. The number of Topliss-reactive ketones (excluding diaryl/α,β-unsaturated/α-hetero) is 2. The maximum absolute atomic E-state index is 14.5. The molecule has 1 aliphatic rings. The molecule has 2 heterocycles. The molecule has 0 radical (unpaired) electrons. The zero-order valence-electron chi connectivity index (χ0n) is 51.1. The van der Waals surface area contributed by atoms with Crippen molar-refractivity contribution in [2.45, 2.75) is 140 Å². The van der Waals surface area contributed by atoms with E-state index in [2.05, 4.69) is 62.8 Å². The number of carbonyl (C=O) groups excluding carboxylic acids is 10. The number of benzene rings is 2. The number of ether oxygens (including phenoxy) is 2. The Hall–Kier alpha value is -8.18. The number of aromatic nitrogens is 2. The second-order valence-corrected chi connectivity index (χ2v) is 22.2. The van der Waals surface area contributed by atoms with Crippen LogP contribution in [0.1, 0.15) is 84.6 Å². The fourth-order valence-electron chi connectivity index (χ4n) is 9.75. The van der Waals surface area contributed by atoms with Gasteiger partial charge in [0.1, 0.15) is 36.8 Å². The second kappa shape index (κ2) is 38.4. The van der Waals surface area contributed by atoms with Gasteiger partial charge in [-0.2, -0.15) is 0 Å². The number of amides is 8. The lowest BCUT2D eigenvalue weighted by molar-refractivity contribution is -0.383. The Kier molecular flexibility index (Phi) is 31.7. The Balaban J connectivity index is 1.56. The number of aliphatic hydroxyl groups is 2. The topological polar surface area (TPSA) is 524 Å². The summed E-state index contributed by atoms with van der Waals surface area (Å²) in [7, 11) is 0. The molecule has 0 aliphatic carbocycles. The SMILES string of the molecule is CC(C)C[C@H]1CC(=O)[C@@H](Cc2ccccc2)NC(=O)[C@@H](CCN)NC(=O)C(NC(=O)[C@H](CCN)NC(=O)[C@@H](NC(=O)COCCOCCNc2ccc([N+](=O)[O-])c3nonc23)[C@@H](C)O)CCNC(=O)[C@@H](C(C)O)CC(=O)[C@H](CCN)NC(=O)[C@H](CCN)NC1=O. The molecular weight excluding hydrogens is 1180 g/mol. The van der Waals surface area contributed by atoms with Gasteiger partial charge in [-0.15, -0.1) is 0 Å². The summed E-state index contributed by atoms with van der Waals surface area (Å²) < 4.78 is 15.6. The average Bonchev–Trinajstić information content (AvgIpc) is 1.78. The number of nitrogens with one attached hydrogen (secondary N) is 9. The molecule has 33 nitrogen and oxygen atoms in total. The summed E-state index contributed by atoms with van der Waals surface area (Å²) in [6.45, 7) is 4.76. The standard InChI is InChI=1S/C57H88N16O17/c1-31(2)26-35-28-45(76)43(27-34-8-6-5-7-9-34)69-55(83)40(14-19-60)66-56(84)42(16-21-63-52(80)36(32(3)74)29-46(77)37(12-17-58)64-53(81)39(13-18-59)65-51(35)79)67-54(82)41(15-20-61)68-57(85)48(33(4)75)70-47(78)30-89-25-24-88-23-22-62-38-10-11-44(73(86)87)50-49(38)71-90-72-50/h5-11,31-33,35-37,39-43,48,62,74-75H,12-30,58-61H2,1-4H3,(H,63,80)(H,64,81)(H,65,79)(H,66,84)(H,67,82)(H,68,85)(H,69,83)(H,70,78)/t32?,33-,35+,36-,37+,39+,40-,41+,42?,43-,48+/m1/s1. The van der Waals surface area contributed by atoms with E-state index in [0.717, 1.165) is 0 Å². The molecule has 0 spiro atoms. The van der Waals surface area contributed by atoms with Crippen LogP contribution in [-0.2, 0) is 63.8 Å². The van der Waals surface area contributed by atoms with Gasteiger partial charge in [-0.1, -0.05) is 44.2 Å². The third kappa shape index (κ3) is 24.0. The van der Waals surface area contributed by atoms with Crippen LogP contribution in [0.3, 0.4) is 0 Å². The Morgan fingerprint density at radius 2 is 1.31 bits per heavy atom.